The van der Waals surface area contributed by atoms with Gasteiger partial charge in [0, 0.05) is 20.8 Å². The molecular formula is C17H11Br2F3N4. The van der Waals surface area contributed by atoms with Crippen molar-refractivity contribution >= 4 is 55.0 Å². The molecule has 9 heteroatoms. The van der Waals surface area contributed by atoms with E-state index in [4.69, 9.17) is 0 Å². The van der Waals surface area contributed by atoms with Crippen molar-refractivity contribution in [1.82, 2.24) is 9.97 Å². The Labute approximate surface area is 164 Å². The number of halogens is 5. The van der Waals surface area contributed by atoms with Crippen LogP contribution in [0, 0.1) is 0 Å². The molecule has 2 N–H and O–H groups in total. The van der Waals surface area contributed by atoms with Gasteiger partial charge in [-0.1, -0.05) is 28.1 Å². The molecule has 0 unspecified atom stereocenters. The predicted octanol–water partition coefficient (Wildman–Crippen LogP) is 6.51. The summed E-state index contributed by atoms with van der Waals surface area (Å²) >= 11 is 6.62. The highest BCUT2D eigenvalue weighted by Crippen LogP contribution is 2.36. The van der Waals surface area contributed by atoms with Gasteiger partial charge in [0.15, 0.2) is 0 Å². The molecule has 0 saturated heterocycles. The topological polar surface area (TPSA) is 49.8 Å². The molecule has 1 heterocycles. The van der Waals surface area contributed by atoms with Gasteiger partial charge < -0.3 is 10.6 Å². The normalized spacial score (nSPS) is 11.3. The summed E-state index contributed by atoms with van der Waals surface area (Å²) in [4.78, 5) is 7.79. The van der Waals surface area contributed by atoms with Crippen molar-refractivity contribution in [2.75, 3.05) is 10.6 Å². The van der Waals surface area contributed by atoms with Crippen molar-refractivity contribution in [3.63, 3.8) is 0 Å². The third-order valence-corrected chi connectivity index (χ3v) is 4.54. The Morgan fingerprint density at radius 1 is 0.885 bits per heavy atom. The fourth-order valence-electron chi connectivity index (χ4n) is 2.10. The van der Waals surface area contributed by atoms with Crippen LogP contribution in [-0.2, 0) is 6.18 Å². The molecule has 0 radical (unpaired) electrons. The molecule has 0 aliphatic heterocycles. The molecule has 2 aromatic carbocycles. The van der Waals surface area contributed by atoms with Gasteiger partial charge in [-0.3, -0.25) is 0 Å². The maximum Gasteiger partial charge on any atom is 0.421 e. The highest BCUT2D eigenvalue weighted by Gasteiger charge is 2.35. The van der Waals surface area contributed by atoms with Crippen LogP contribution in [0.3, 0.4) is 0 Å². The largest absolute Gasteiger partial charge is 0.421 e. The lowest BCUT2D eigenvalue weighted by molar-refractivity contribution is -0.137. The van der Waals surface area contributed by atoms with E-state index < -0.39 is 11.7 Å². The van der Waals surface area contributed by atoms with Crippen molar-refractivity contribution in [1.29, 1.82) is 0 Å². The molecule has 0 aliphatic carbocycles. The standard InChI is InChI=1S/C17H11Br2F3N4/c18-10-5-7-11(8-6-10)24-16-23-9-12(17(20,21)22)15(26-16)25-14-4-2-1-3-13(14)19/h1-9H,(H2,23,24,25,26). The third-order valence-electron chi connectivity index (χ3n) is 3.32. The fourth-order valence-corrected chi connectivity index (χ4v) is 2.75. The Bertz CT molecular complexity index is 915. The molecule has 0 spiro atoms. The van der Waals surface area contributed by atoms with E-state index in [2.05, 4.69) is 52.5 Å². The summed E-state index contributed by atoms with van der Waals surface area (Å²) in [5.41, 5.74) is 0.167. The van der Waals surface area contributed by atoms with E-state index in [-0.39, 0.29) is 11.8 Å². The molecule has 0 amide bonds. The summed E-state index contributed by atoms with van der Waals surface area (Å²) in [6.45, 7) is 0. The molecule has 0 fully saturated rings. The summed E-state index contributed by atoms with van der Waals surface area (Å²) < 4.78 is 41.4. The Morgan fingerprint density at radius 3 is 2.23 bits per heavy atom. The number of rotatable bonds is 4. The first kappa shape index (κ1) is 18.7. The number of alkyl halides is 3. The average molecular weight is 488 g/mol. The van der Waals surface area contributed by atoms with Crippen molar-refractivity contribution in [2.45, 2.75) is 6.18 Å². The zero-order chi connectivity index (χ0) is 18.7. The zero-order valence-electron chi connectivity index (χ0n) is 13.0. The number of hydrogen-bond acceptors (Lipinski definition) is 4. The summed E-state index contributed by atoms with van der Waals surface area (Å²) in [6.07, 6.45) is -3.83. The molecule has 0 saturated carbocycles. The number of para-hydroxylation sites is 1. The lowest BCUT2D eigenvalue weighted by Gasteiger charge is -2.15. The molecule has 4 nitrogen and oxygen atoms in total. The Kier molecular flexibility index (Phi) is 5.47. The second-order valence-electron chi connectivity index (χ2n) is 5.19. The van der Waals surface area contributed by atoms with E-state index in [1.807, 2.05) is 0 Å². The van der Waals surface area contributed by atoms with Crippen LogP contribution in [0.25, 0.3) is 0 Å². The minimum absolute atomic E-state index is 0.0508. The molecule has 134 valence electrons. The monoisotopic (exact) mass is 486 g/mol. The first-order valence-electron chi connectivity index (χ1n) is 7.31. The van der Waals surface area contributed by atoms with E-state index in [9.17, 15) is 13.2 Å². The van der Waals surface area contributed by atoms with Crippen molar-refractivity contribution in [3.05, 3.63) is 69.2 Å². The van der Waals surface area contributed by atoms with Gasteiger partial charge >= 0.3 is 6.18 Å². The van der Waals surface area contributed by atoms with Crippen LogP contribution in [0.5, 0.6) is 0 Å². The van der Waals surface area contributed by atoms with Crippen LogP contribution in [0.4, 0.5) is 36.3 Å². The van der Waals surface area contributed by atoms with Gasteiger partial charge in [-0.25, -0.2) is 4.98 Å². The molecule has 0 bridgehead atoms. The number of benzene rings is 2. The van der Waals surface area contributed by atoms with Gasteiger partial charge in [-0.15, -0.1) is 0 Å². The molecule has 26 heavy (non-hydrogen) atoms. The van der Waals surface area contributed by atoms with Crippen LogP contribution >= 0.6 is 31.9 Å². The van der Waals surface area contributed by atoms with Gasteiger partial charge in [-0.2, -0.15) is 18.2 Å². The average Bonchev–Trinajstić information content (AvgIpc) is 2.58. The van der Waals surface area contributed by atoms with Gasteiger partial charge in [0.2, 0.25) is 5.95 Å². The zero-order valence-corrected chi connectivity index (χ0v) is 16.2. The maximum atomic E-state index is 13.3. The van der Waals surface area contributed by atoms with Crippen molar-refractivity contribution < 1.29 is 13.2 Å². The number of anilines is 4. The summed E-state index contributed by atoms with van der Waals surface area (Å²) in [5.74, 6) is -0.283. The van der Waals surface area contributed by atoms with Crippen LogP contribution in [0.15, 0.2) is 63.7 Å². The van der Waals surface area contributed by atoms with Gasteiger partial charge in [0.1, 0.15) is 11.4 Å². The van der Waals surface area contributed by atoms with E-state index >= 15 is 0 Å². The van der Waals surface area contributed by atoms with E-state index in [0.29, 0.717) is 15.8 Å². The first-order valence-corrected chi connectivity index (χ1v) is 8.90. The van der Waals surface area contributed by atoms with E-state index in [1.165, 1.54) is 0 Å². The molecule has 1 aromatic heterocycles. The molecular weight excluding hydrogens is 477 g/mol. The summed E-state index contributed by atoms with van der Waals surface area (Å²) in [7, 11) is 0. The Balaban J connectivity index is 1.96. The van der Waals surface area contributed by atoms with Gasteiger partial charge in [0.25, 0.3) is 0 Å². The minimum Gasteiger partial charge on any atom is -0.339 e. The van der Waals surface area contributed by atoms with Crippen LogP contribution in [-0.4, -0.2) is 9.97 Å². The van der Waals surface area contributed by atoms with Crippen LogP contribution in [0.2, 0.25) is 0 Å². The SMILES string of the molecule is FC(F)(F)c1cnc(Nc2ccc(Br)cc2)nc1Nc1ccccc1Br. The second-order valence-corrected chi connectivity index (χ2v) is 6.96. The number of hydrogen-bond donors (Lipinski definition) is 2. The predicted molar refractivity (Wildman–Crippen MR) is 102 cm³/mol. The van der Waals surface area contributed by atoms with Gasteiger partial charge in [-0.05, 0) is 52.3 Å². The first-order chi connectivity index (χ1) is 12.3. The fraction of sp³-hybridized carbons (Fsp3) is 0.0588. The molecule has 0 aliphatic rings. The molecule has 0 atom stereocenters. The smallest absolute Gasteiger partial charge is 0.339 e. The quantitative estimate of drug-likeness (QED) is 0.440. The Hall–Kier alpha value is -2.13. The highest BCUT2D eigenvalue weighted by molar-refractivity contribution is 9.10. The lowest BCUT2D eigenvalue weighted by Crippen LogP contribution is -2.12. The lowest BCUT2D eigenvalue weighted by atomic mass is 10.2. The second kappa shape index (κ2) is 7.63. The van der Waals surface area contributed by atoms with Crippen LogP contribution < -0.4 is 10.6 Å². The van der Waals surface area contributed by atoms with Crippen molar-refractivity contribution in [3.8, 4) is 0 Å². The molecule has 3 rings (SSSR count). The van der Waals surface area contributed by atoms with Gasteiger partial charge in [0.05, 0.1) is 5.69 Å². The third kappa shape index (κ3) is 4.53. The van der Waals surface area contributed by atoms with Crippen LogP contribution in [0.1, 0.15) is 5.56 Å². The summed E-state index contributed by atoms with van der Waals surface area (Å²) in [5, 5.41) is 5.61. The van der Waals surface area contributed by atoms with E-state index in [0.717, 1.165) is 10.7 Å². The number of aromatic nitrogens is 2. The maximum absolute atomic E-state index is 13.3. The minimum atomic E-state index is -4.58. The van der Waals surface area contributed by atoms with E-state index in [1.54, 1.807) is 48.5 Å². The Morgan fingerprint density at radius 2 is 1.58 bits per heavy atom. The molecule has 3 aromatic rings. The summed E-state index contributed by atoms with van der Waals surface area (Å²) in [6, 6.07) is 14.0. The number of nitrogens with one attached hydrogen (secondary N) is 2. The van der Waals surface area contributed by atoms with Crippen molar-refractivity contribution in [2.24, 2.45) is 0 Å². The highest BCUT2D eigenvalue weighted by atomic mass is 79.9. The number of nitrogens with zero attached hydrogens (tertiary/aromatic N) is 2.